The Bertz CT molecular complexity index is 1260. The number of para-hydroxylation sites is 2. The number of methoxy groups -OCH3 is 1. The number of anilines is 2. The van der Waals surface area contributed by atoms with Gasteiger partial charge in [0.05, 0.1) is 18.5 Å². The largest absolute Gasteiger partial charge is 0.495 e. The second-order valence-corrected chi connectivity index (χ2v) is 10.3. The molecule has 1 aliphatic heterocycles. The van der Waals surface area contributed by atoms with Gasteiger partial charge in [-0.25, -0.2) is 8.42 Å². The molecule has 0 aliphatic carbocycles. The van der Waals surface area contributed by atoms with Gasteiger partial charge in [0.1, 0.15) is 10.6 Å². The Morgan fingerprint density at radius 2 is 1.68 bits per heavy atom. The van der Waals surface area contributed by atoms with Crippen molar-refractivity contribution in [1.82, 2.24) is 4.31 Å². The van der Waals surface area contributed by atoms with Crippen LogP contribution in [-0.4, -0.2) is 45.9 Å². The zero-order chi connectivity index (χ0) is 24.1. The molecule has 0 spiro atoms. The Labute approximate surface area is 201 Å². The lowest BCUT2D eigenvalue weighted by molar-refractivity contribution is 0.102. The fraction of sp³-hybridized carbons (Fsp3) is 0.269. The molecule has 1 N–H and O–H groups in total. The predicted molar refractivity (Wildman–Crippen MR) is 134 cm³/mol. The first-order valence-electron chi connectivity index (χ1n) is 11.2. The van der Waals surface area contributed by atoms with Crippen LogP contribution < -0.4 is 15.0 Å². The SMILES string of the molecule is COc1ccc(C(=O)Nc2ccccc2N2CCCC2)cc1S(=O)(=O)N(C)Cc1ccccc1. The highest BCUT2D eigenvalue weighted by Crippen LogP contribution is 2.31. The summed E-state index contributed by atoms with van der Waals surface area (Å²) in [4.78, 5) is 15.3. The van der Waals surface area contributed by atoms with Crippen LogP contribution in [0.1, 0.15) is 28.8 Å². The maximum atomic E-state index is 13.4. The van der Waals surface area contributed by atoms with Gasteiger partial charge in [0.25, 0.3) is 5.91 Å². The first-order chi connectivity index (χ1) is 16.4. The van der Waals surface area contributed by atoms with Gasteiger partial charge >= 0.3 is 0 Å². The summed E-state index contributed by atoms with van der Waals surface area (Å²) in [5, 5.41) is 2.96. The third kappa shape index (κ3) is 5.08. The first-order valence-corrected chi connectivity index (χ1v) is 12.7. The van der Waals surface area contributed by atoms with Crippen LogP contribution in [0.25, 0.3) is 0 Å². The maximum absolute atomic E-state index is 13.4. The van der Waals surface area contributed by atoms with E-state index in [1.165, 1.54) is 30.6 Å². The van der Waals surface area contributed by atoms with Crippen LogP contribution in [0.4, 0.5) is 11.4 Å². The quantitative estimate of drug-likeness (QED) is 0.519. The standard InChI is InChI=1S/C26H29N3O4S/c1-28(19-20-10-4-3-5-11-20)34(31,32)25-18-21(14-15-24(25)33-2)26(30)27-22-12-6-7-13-23(22)29-16-8-9-17-29/h3-7,10-15,18H,8-9,16-17,19H2,1-2H3,(H,27,30). The van der Waals surface area contributed by atoms with Crippen molar-refractivity contribution in [3.63, 3.8) is 0 Å². The number of hydrogen-bond donors (Lipinski definition) is 1. The predicted octanol–water partition coefficient (Wildman–Crippen LogP) is 4.37. The van der Waals surface area contributed by atoms with Gasteiger partial charge in [-0.2, -0.15) is 4.31 Å². The molecule has 3 aromatic carbocycles. The van der Waals surface area contributed by atoms with Crippen LogP contribution in [0.15, 0.2) is 77.7 Å². The molecule has 0 radical (unpaired) electrons. The molecule has 0 atom stereocenters. The molecule has 1 heterocycles. The van der Waals surface area contributed by atoms with Crippen LogP contribution in [0, 0.1) is 0 Å². The molecule has 8 heteroatoms. The molecule has 1 fully saturated rings. The number of rotatable bonds is 8. The van der Waals surface area contributed by atoms with Gasteiger partial charge in [0.2, 0.25) is 10.0 Å². The number of hydrogen-bond acceptors (Lipinski definition) is 5. The monoisotopic (exact) mass is 479 g/mol. The van der Waals surface area contributed by atoms with Gasteiger partial charge in [-0.05, 0) is 48.7 Å². The van der Waals surface area contributed by atoms with Crippen molar-refractivity contribution in [1.29, 1.82) is 0 Å². The second kappa shape index (κ2) is 10.3. The molecular formula is C26H29N3O4S. The van der Waals surface area contributed by atoms with Crippen molar-refractivity contribution < 1.29 is 17.9 Å². The van der Waals surface area contributed by atoms with E-state index in [-0.39, 0.29) is 28.7 Å². The van der Waals surface area contributed by atoms with Gasteiger partial charge in [-0.15, -0.1) is 0 Å². The lowest BCUT2D eigenvalue weighted by atomic mass is 10.2. The third-order valence-corrected chi connectivity index (χ3v) is 7.79. The molecule has 0 aromatic heterocycles. The number of amides is 1. The average Bonchev–Trinajstić information content (AvgIpc) is 3.39. The number of nitrogens with one attached hydrogen (secondary N) is 1. The van der Waals surface area contributed by atoms with Gasteiger partial charge in [0.15, 0.2) is 0 Å². The van der Waals surface area contributed by atoms with Crippen LogP contribution in [0.2, 0.25) is 0 Å². The topological polar surface area (TPSA) is 79.0 Å². The molecular weight excluding hydrogens is 450 g/mol. The maximum Gasteiger partial charge on any atom is 0.255 e. The minimum absolute atomic E-state index is 0.0473. The molecule has 0 unspecified atom stereocenters. The van der Waals surface area contributed by atoms with Gasteiger partial charge in [0, 0.05) is 32.2 Å². The summed E-state index contributed by atoms with van der Waals surface area (Å²) in [7, 11) is -0.981. The molecule has 1 saturated heterocycles. The van der Waals surface area contributed by atoms with E-state index >= 15 is 0 Å². The summed E-state index contributed by atoms with van der Waals surface area (Å²) in [6.07, 6.45) is 2.25. The van der Waals surface area contributed by atoms with E-state index < -0.39 is 10.0 Å². The van der Waals surface area contributed by atoms with E-state index in [0.717, 1.165) is 37.2 Å². The van der Waals surface area contributed by atoms with Crippen molar-refractivity contribution in [2.45, 2.75) is 24.3 Å². The lowest BCUT2D eigenvalue weighted by Crippen LogP contribution is -2.27. The Hall–Kier alpha value is -3.36. The molecule has 1 amide bonds. The zero-order valence-corrected chi connectivity index (χ0v) is 20.2. The number of ether oxygens (including phenoxy) is 1. The molecule has 0 saturated carbocycles. The molecule has 7 nitrogen and oxygen atoms in total. The minimum atomic E-state index is -3.91. The smallest absolute Gasteiger partial charge is 0.255 e. The van der Waals surface area contributed by atoms with Crippen LogP contribution in [-0.2, 0) is 16.6 Å². The third-order valence-electron chi connectivity index (χ3n) is 5.96. The Kier molecular flexibility index (Phi) is 7.19. The van der Waals surface area contributed by atoms with Crippen molar-refractivity contribution in [3.8, 4) is 5.75 Å². The number of carbonyl (C=O) groups is 1. The number of nitrogens with zero attached hydrogens (tertiary/aromatic N) is 2. The van der Waals surface area contributed by atoms with E-state index in [1.807, 2.05) is 54.6 Å². The van der Waals surface area contributed by atoms with Crippen LogP contribution in [0.3, 0.4) is 0 Å². The van der Waals surface area contributed by atoms with E-state index in [4.69, 9.17) is 4.74 Å². The summed E-state index contributed by atoms with van der Waals surface area (Å²) in [5.74, 6) is -0.189. The molecule has 178 valence electrons. The van der Waals surface area contributed by atoms with Crippen LogP contribution in [0.5, 0.6) is 5.75 Å². The first kappa shape index (κ1) is 23.8. The van der Waals surface area contributed by atoms with Crippen LogP contribution >= 0.6 is 0 Å². The second-order valence-electron chi connectivity index (χ2n) is 8.28. The summed E-state index contributed by atoms with van der Waals surface area (Å²) in [5.41, 5.74) is 2.77. The average molecular weight is 480 g/mol. The van der Waals surface area contributed by atoms with Gasteiger partial charge in [-0.3, -0.25) is 4.79 Å². The summed E-state index contributed by atoms with van der Waals surface area (Å²) >= 11 is 0. The van der Waals surface area contributed by atoms with Crippen molar-refractivity contribution in [2.24, 2.45) is 0 Å². The summed E-state index contributed by atoms with van der Waals surface area (Å²) in [6, 6.07) is 21.5. The minimum Gasteiger partial charge on any atom is -0.495 e. The number of benzene rings is 3. The van der Waals surface area contributed by atoms with E-state index in [1.54, 1.807) is 6.07 Å². The highest BCUT2D eigenvalue weighted by molar-refractivity contribution is 7.89. The lowest BCUT2D eigenvalue weighted by Gasteiger charge is -2.22. The Morgan fingerprint density at radius 3 is 2.38 bits per heavy atom. The van der Waals surface area contributed by atoms with Crippen molar-refractivity contribution in [2.75, 3.05) is 37.5 Å². The van der Waals surface area contributed by atoms with E-state index in [9.17, 15) is 13.2 Å². The fourth-order valence-electron chi connectivity index (χ4n) is 4.12. The van der Waals surface area contributed by atoms with E-state index in [2.05, 4.69) is 10.2 Å². The van der Waals surface area contributed by atoms with Gasteiger partial charge < -0.3 is 15.0 Å². The fourth-order valence-corrected chi connectivity index (χ4v) is 5.46. The van der Waals surface area contributed by atoms with Crippen molar-refractivity contribution >= 4 is 27.3 Å². The highest BCUT2D eigenvalue weighted by atomic mass is 32.2. The highest BCUT2D eigenvalue weighted by Gasteiger charge is 2.27. The van der Waals surface area contributed by atoms with E-state index in [0.29, 0.717) is 5.69 Å². The van der Waals surface area contributed by atoms with Gasteiger partial charge in [-0.1, -0.05) is 42.5 Å². The Balaban J connectivity index is 1.61. The zero-order valence-electron chi connectivity index (χ0n) is 19.4. The Morgan fingerprint density at radius 1 is 1.00 bits per heavy atom. The molecule has 0 bridgehead atoms. The normalized spacial score (nSPS) is 13.8. The summed E-state index contributed by atoms with van der Waals surface area (Å²) in [6.45, 7) is 2.10. The summed E-state index contributed by atoms with van der Waals surface area (Å²) < 4.78 is 33.4. The molecule has 34 heavy (non-hydrogen) atoms. The molecule has 1 aliphatic rings. The molecule has 4 rings (SSSR count). The molecule has 3 aromatic rings. The number of carbonyl (C=O) groups excluding carboxylic acids is 1. The van der Waals surface area contributed by atoms with Crippen molar-refractivity contribution in [3.05, 3.63) is 83.9 Å². The number of sulfonamides is 1.